The second-order valence-electron chi connectivity index (χ2n) is 4.62. The lowest BCUT2D eigenvalue weighted by atomic mass is 10.1. The van der Waals surface area contributed by atoms with Crippen LogP contribution in [0.1, 0.15) is 28.4 Å². The summed E-state index contributed by atoms with van der Waals surface area (Å²) in [6.45, 7) is 5.31. The zero-order valence-corrected chi connectivity index (χ0v) is 11.8. The van der Waals surface area contributed by atoms with E-state index < -0.39 is 0 Å². The number of anilines is 1. The quantitative estimate of drug-likeness (QED) is 0.877. The lowest BCUT2D eigenvalue weighted by Gasteiger charge is -2.10. The van der Waals surface area contributed by atoms with E-state index in [-0.39, 0.29) is 5.91 Å². The molecular weight excluding hydrogens is 250 g/mol. The molecule has 0 spiro atoms. The first-order valence-corrected chi connectivity index (χ1v) is 6.72. The van der Waals surface area contributed by atoms with Gasteiger partial charge in [-0.1, -0.05) is 29.8 Å². The van der Waals surface area contributed by atoms with Crippen molar-refractivity contribution in [2.45, 2.75) is 20.4 Å². The van der Waals surface area contributed by atoms with E-state index >= 15 is 0 Å². The highest BCUT2D eigenvalue weighted by Gasteiger charge is 2.10. The van der Waals surface area contributed by atoms with Gasteiger partial charge in [-0.25, -0.2) is 0 Å². The number of benzene rings is 1. The van der Waals surface area contributed by atoms with E-state index in [4.69, 9.17) is 0 Å². The van der Waals surface area contributed by atoms with Crippen LogP contribution in [-0.4, -0.2) is 17.4 Å². The van der Waals surface area contributed by atoms with Gasteiger partial charge in [0.15, 0.2) is 0 Å². The van der Waals surface area contributed by atoms with Gasteiger partial charge in [-0.05, 0) is 25.5 Å². The molecule has 2 rings (SSSR count). The number of nitrogens with zero attached hydrogens (tertiary/aromatic N) is 1. The summed E-state index contributed by atoms with van der Waals surface area (Å²) in [6.07, 6.45) is 3.26. The summed E-state index contributed by atoms with van der Waals surface area (Å²) >= 11 is 0. The Labute approximate surface area is 119 Å². The first kappa shape index (κ1) is 14.1. The van der Waals surface area contributed by atoms with E-state index in [2.05, 4.69) is 21.7 Å². The number of carbonyl (C=O) groups is 1. The van der Waals surface area contributed by atoms with Crippen molar-refractivity contribution in [1.29, 1.82) is 0 Å². The molecule has 1 amide bonds. The van der Waals surface area contributed by atoms with Crippen LogP contribution in [0.25, 0.3) is 0 Å². The molecular formula is C16H19N3O. The van der Waals surface area contributed by atoms with Crippen LogP contribution in [0.4, 0.5) is 5.69 Å². The molecule has 0 aliphatic rings. The number of rotatable bonds is 5. The lowest BCUT2D eigenvalue weighted by Crippen LogP contribution is -2.24. The highest BCUT2D eigenvalue weighted by atomic mass is 16.1. The molecule has 2 N–H and O–H groups in total. The van der Waals surface area contributed by atoms with Gasteiger partial charge in [0.1, 0.15) is 0 Å². The Morgan fingerprint density at radius 1 is 1.30 bits per heavy atom. The zero-order chi connectivity index (χ0) is 14.4. The summed E-state index contributed by atoms with van der Waals surface area (Å²) in [5.74, 6) is -0.115. The van der Waals surface area contributed by atoms with Crippen LogP contribution >= 0.6 is 0 Å². The van der Waals surface area contributed by atoms with Crippen LogP contribution < -0.4 is 10.6 Å². The van der Waals surface area contributed by atoms with Gasteiger partial charge in [-0.3, -0.25) is 9.78 Å². The molecule has 1 heterocycles. The molecule has 0 aliphatic heterocycles. The van der Waals surface area contributed by atoms with Crippen LogP contribution in [0.3, 0.4) is 0 Å². The average molecular weight is 269 g/mol. The second kappa shape index (κ2) is 6.70. The predicted molar refractivity (Wildman–Crippen MR) is 80.7 cm³/mol. The summed E-state index contributed by atoms with van der Waals surface area (Å²) in [4.78, 5) is 16.2. The first-order valence-electron chi connectivity index (χ1n) is 6.72. The van der Waals surface area contributed by atoms with Crippen LogP contribution in [0.15, 0.2) is 42.7 Å². The third-order valence-electron chi connectivity index (χ3n) is 2.97. The minimum atomic E-state index is -0.115. The number of carbonyl (C=O) groups excluding carboxylic acids is 1. The maximum atomic E-state index is 12.2. The Balaban J connectivity index is 2.05. The molecule has 0 fully saturated rings. The van der Waals surface area contributed by atoms with E-state index in [1.54, 1.807) is 12.4 Å². The van der Waals surface area contributed by atoms with Crippen molar-refractivity contribution in [1.82, 2.24) is 10.3 Å². The van der Waals surface area contributed by atoms with Crippen molar-refractivity contribution in [2.75, 3.05) is 11.9 Å². The predicted octanol–water partition coefficient (Wildman–Crippen LogP) is 2.75. The van der Waals surface area contributed by atoms with Crippen molar-refractivity contribution in [3.8, 4) is 0 Å². The molecule has 20 heavy (non-hydrogen) atoms. The monoisotopic (exact) mass is 269 g/mol. The smallest absolute Gasteiger partial charge is 0.255 e. The standard InChI is InChI=1S/C16H19N3O/c1-3-18-15-7-8-17-11-14(15)16(20)19-10-13-6-4-5-12(2)9-13/h4-9,11H,3,10H2,1-2H3,(H,17,18)(H,19,20). The molecule has 0 unspecified atom stereocenters. The number of nitrogens with one attached hydrogen (secondary N) is 2. The van der Waals surface area contributed by atoms with Gasteiger partial charge in [-0.15, -0.1) is 0 Å². The van der Waals surface area contributed by atoms with Gasteiger partial charge in [0.2, 0.25) is 0 Å². The number of aromatic nitrogens is 1. The normalized spacial score (nSPS) is 10.1. The lowest BCUT2D eigenvalue weighted by molar-refractivity contribution is 0.0951. The summed E-state index contributed by atoms with van der Waals surface area (Å²) in [5.41, 5.74) is 3.66. The average Bonchev–Trinajstić information content (AvgIpc) is 2.46. The van der Waals surface area contributed by atoms with Gasteiger partial charge in [0, 0.05) is 25.5 Å². The first-order chi connectivity index (χ1) is 9.70. The Morgan fingerprint density at radius 3 is 2.90 bits per heavy atom. The molecule has 0 bridgehead atoms. The van der Waals surface area contributed by atoms with Gasteiger partial charge in [0.05, 0.1) is 11.3 Å². The maximum absolute atomic E-state index is 12.2. The zero-order valence-electron chi connectivity index (χ0n) is 11.8. The van der Waals surface area contributed by atoms with Crippen LogP contribution in [0.5, 0.6) is 0 Å². The van der Waals surface area contributed by atoms with E-state index in [1.165, 1.54) is 5.56 Å². The van der Waals surface area contributed by atoms with Crippen LogP contribution in [0.2, 0.25) is 0 Å². The summed E-state index contributed by atoms with van der Waals surface area (Å²) in [5, 5.41) is 6.09. The van der Waals surface area contributed by atoms with Gasteiger partial charge >= 0.3 is 0 Å². The summed E-state index contributed by atoms with van der Waals surface area (Å²) in [7, 11) is 0. The molecule has 0 atom stereocenters. The third kappa shape index (κ3) is 3.57. The molecule has 4 nitrogen and oxygen atoms in total. The number of pyridine rings is 1. The highest BCUT2D eigenvalue weighted by molar-refractivity contribution is 5.99. The number of amides is 1. The van der Waals surface area contributed by atoms with E-state index in [0.29, 0.717) is 12.1 Å². The molecule has 0 saturated heterocycles. The third-order valence-corrected chi connectivity index (χ3v) is 2.97. The van der Waals surface area contributed by atoms with Crippen molar-refractivity contribution >= 4 is 11.6 Å². The fourth-order valence-corrected chi connectivity index (χ4v) is 2.02. The summed E-state index contributed by atoms with van der Waals surface area (Å²) < 4.78 is 0. The Hall–Kier alpha value is -2.36. The largest absolute Gasteiger partial charge is 0.385 e. The van der Waals surface area contributed by atoms with Gasteiger partial charge < -0.3 is 10.6 Å². The number of aryl methyl sites for hydroxylation is 1. The van der Waals surface area contributed by atoms with E-state index in [1.807, 2.05) is 38.1 Å². The molecule has 1 aromatic carbocycles. The van der Waals surface area contributed by atoms with Crippen molar-refractivity contribution in [3.63, 3.8) is 0 Å². The molecule has 2 aromatic rings. The van der Waals surface area contributed by atoms with Gasteiger partial charge in [0.25, 0.3) is 5.91 Å². The van der Waals surface area contributed by atoms with Crippen LogP contribution in [0, 0.1) is 6.92 Å². The molecule has 104 valence electrons. The molecule has 4 heteroatoms. The van der Waals surface area contributed by atoms with Crippen molar-refractivity contribution < 1.29 is 4.79 Å². The van der Waals surface area contributed by atoms with Crippen LogP contribution in [-0.2, 0) is 6.54 Å². The Bertz CT molecular complexity index is 596. The molecule has 0 saturated carbocycles. The van der Waals surface area contributed by atoms with E-state index in [9.17, 15) is 4.79 Å². The maximum Gasteiger partial charge on any atom is 0.255 e. The number of hydrogen-bond acceptors (Lipinski definition) is 3. The number of hydrogen-bond donors (Lipinski definition) is 2. The fraction of sp³-hybridized carbons (Fsp3) is 0.250. The second-order valence-corrected chi connectivity index (χ2v) is 4.62. The van der Waals surface area contributed by atoms with Crippen molar-refractivity contribution in [3.05, 3.63) is 59.4 Å². The minimum absolute atomic E-state index is 0.115. The SMILES string of the molecule is CCNc1ccncc1C(=O)NCc1cccc(C)c1. The van der Waals surface area contributed by atoms with E-state index in [0.717, 1.165) is 17.8 Å². The molecule has 0 aliphatic carbocycles. The van der Waals surface area contributed by atoms with Gasteiger partial charge in [-0.2, -0.15) is 0 Å². The fourth-order valence-electron chi connectivity index (χ4n) is 2.02. The topological polar surface area (TPSA) is 54.0 Å². The Kier molecular flexibility index (Phi) is 4.71. The minimum Gasteiger partial charge on any atom is -0.385 e. The summed E-state index contributed by atoms with van der Waals surface area (Å²) in [6, 6.07) is 9.90. The molecule has 1 aromatic heterocycles. The molecule has 0 radical (unpaired) electrons. The van der Waals surface area contributed by atoms with Crippen molar-refractivity contribution in [2.24, 2.45) is 0 Å². The highest BCUT2D eigenvalue weighted by Crippen LogP contribution is 2.13. The Morgan fingerprint density at radius 2 is 2.15 bits per heavy atom.